The topological polar surface area (TPSA) is 61.8 Å². The van der Waals surface area contributed by atoms with Gasteiger partial charge in [0, 0.05) is 13.1 Å². The van der Waals surface area contributed by atoms with E-state index in [1.54, 1.807) is 4.90 Å². The molecule has 1 amide bonds. The summed E-state index contributed by atoms with van der Waals surface area (Å²) < 4.78 is 0. The van der Waals surface area contributed by atoms with Crippen LogP contribution < -0.4 is 5.48 Å². The molecular formula is C12H24N2O3. The Labute approximate surface area is 103 Å². The summed E-state index contributed by atoms with van der Waals surface area (Å²) in [5, 5.41) is 9.46. The van der Waals surface area contributed by atoms with Crippen LogP contribution in [0.5, 0.6) is 0 Å². The highest BCUT2D eigenvalue weighted by atomic mass is 16.6. The Morgan fingerprint density at radius 3 is 2.65 bits per heavy atom. The van der Waals surface area contributed by atoms with Crippen molar-refractivity contribution in [2.75, 3.05) is 19.7 Å². The zero-order valence-electron chi connectivity index (χ0n) is 11.2. The van der Waals surface area contributed by atoms with Crippen molar-refractivity contribution in [2.24, 2.45) is 5.41 Å². The first kappa shape index (κ1) is 14.4. The Morgan fingerprint density at radius 1 is 1.59 bits per heavy atom. The van der Waals surface area contributed by atoms with Gasteiger partial charge in [0.15, 0.2) is 0 Å². The minimum absolute atomic E-state index is 0.00231. The second kappa shape index (κ2) is 5.80. The number of hydrogen-bond donors (Lipinski definition) is 2. The summed E-state index contributed by atoms with van der Waals surface area (Å²) in [4.78, 5) is 19.2. The number of nitrogens with zero attached hydrogens (tertiary/aromatic N) is 1. The van der Waals surface area contributed by atoms with Gasteiger partial charge in [0.2, 0.25) is 5.91 Å². The highest BCUT2D eigenvalue weighted by molar-refractivity contribution is 5.82. The van der Waals surface area contributed by atoms with E-state index in [-0.39, 0.29) is 23.5 Å². The van der Waals surface area contributed by atoms with Gasteiger partial charge >= 0.3 is 0 Å². The SMILES string of the molecule is CCON[C@H](C(=O)N1CCC(O)C1)C(C)(C)C. The molecule has 0 spiro atoms. The normalized spacial score (nSPS) is 22.9. The van der Waals surface area contributed by atoms with Crippen molar-refractivity contribution in [3.8, 4) is 0 Å². The number of nitrogens with one attached hydrogen (secondary N) is 1. The summed E-state index contributed by atoms with van der Waals surface area (Å²) in [7, 11) is 0. The Bertz CT molecular complexity index is 263. The molecule has 5 nitrogen and oxygen atoms in total. The number of rotatable bonds is 4. The minimum Gasteiger partial charge on any atom is -0.391 e. The molecule has 2 atom stereocenters. The van der Waals surface area contributed by atoms with Gasteiger partial charge in [-0.15, -0.1) is 0 Å². The van der Waals surface area contributed by atoms with Crippen LogP contribution >= 0.6 is 0 Å². The van der Waals surface area contributed by atoms with Gasteiger partial charge in [-0.05, 0) is 18.8 Å². The molecule has 17 heavy (non-hydrogen) atoms. The van der Waals surface area contributed by atoms with Crippen LogP contribution in [-0.4, -0.2) is 47.8 Å². The van der Waals surface area contributed by atoms with Crippen molar-refractivity contribution in [3.05, 3.63) is 0 Å². The summed E-state index contributed by atoms with van der Waals surface area (Å²) in [6.45, 7) is 9.43. The van der Waals surface area contributed by atoms with Gasteiger partial charge in [-0.3, -0.25) is 4.79 Å². The fourth-order valence-corrected chi connectivity index (χ4v) is 1.89. The summed E-state index contributed by atoms with van der Waals surface area (Å²) in [5.74, 6) is 0.00231. The van der Waals surface area contributed by atoms with Gasteiger partial charge < -0.3 is 14.8 Å². The average Bonchev–Trinajstić information content (AvgIpc) is 2.63. The van der Waals surface area contributed by atoms with E-state index in [2.05, 4.69) is 5.48 Å². The summed E-state index contributed by atoms with van der Waals surface area (Å²) >= 11 is 0. The van der Waals surface area contributed by atoms with E-state index in [9.17, 15) is 9.90 Å². The van der Waals surface area contributed by atoms with E-state index < -0.39 is 0 Å². The number of β-amino-alcohol motifs (C(OH)–C–C–N with tert-alkyl or cyclic N) is 1. The van der Waals surface area contributed by atoms with Crippen molar-refractivity contribution in [3.63, 3.8) is 0 Å². The second-order valence-electron chi connectivity index (χ2n) is 5.58. The van der Waals surface area contributed by atoms with Crippen LogP contribution in [0.25, 0.3) is 0 Å². The molecule has 2 N–H and O–H groups in total. The number of hydrogen-bond acceptors (Lipinski definition) is 4. The predicted molar refractivity (Wildman–Crippen MR) is 65.2 cm³/mol. The maximum atomic E-state index is 12.3. The van der Waals surface area contributed by atoms with Crippen molar-refractivity contribution < 1.29 is 14.7 Å². The molecule has 0 aliphatic carbocycles. The first-order valence-electron chi connectivity index (χ1n) is 6.20. The van der Waals surface area contributed by atoms with Crippen LogP contribution in [0.2, 0.25) is 0 Å². The van der Waals surface area contributed by atoms with E-state index in [1.165, 1.54) is 0 Å². The van der Waals surface area contributed by atoms with Gasteiger partial charge in [-0.1, -0.05) is 20.8 Å². The largest absolute Gasteiger partial charge is 0.391 e. The van der Waals surface area contributed by atoms with Crippen LogP contribution in [0.15, 0.2) is 0 Å². The molecule has 1 saturated heterocycles. The molecule has 1 heterocycles. The minimum atomic E-state index is -0.383. The molecule has 0 aromatic carbocycles. The standard InChI is InChI=1S/C12H24N2O3/c1-5-17-13-10(12(2,3)4)11(16)14-7-6-9(15)8-14/h9-10,13,15H,5-8H2,1-4H3/t9?,10-/m1/s1. The van der Waals surface area contributed by atoms with Gasteiger partial charge in [0.25, 0.3) is 0 Å². The Morgan fingerprint density at radius 2 is 2.24 bits per heavy atom. The molecule has 0 aromatic rings. The van der Waals surface area contributed by atoms with Gasteiger partial charge in [0.05, 0.1) is 12.7 Å². The molecule has 1 aliphatic heterocycles. The summed E-state index contributed by atoms with van der Waals surface area (Å²) in [6.07, 6.45) is 0.281. The number of carbonyl (C=O) groups excluding carboxylic acids is 1. The van der Waals surface area contributed by atoms with Gasteiger partial charge in [0.1, 0.15) is 6.04 Å². The van der Waals surface area contributed by atoms with E-state index in [4.69, 9.17) is 4.84 Å². The highest BCUT2D eigenvalue weighted by Gasteiger charge is 2.37. The van der Waals surface area contributed by atoms with Crippen molar-refractivity contribution in [2.45, 2.75) is 46.3 Å². The van der Waals surface area contributed by atoms with Crippen LogP contribution in [0.4, 0.5) is 0 Å². The molecule has 0 radical (unpaired) electrons. The van der Waals surface area contributed by atoms with Crippen molar-refractivity contribution in [1.29, 1.82) is 0 Å². The second-order valence-corrected chi connectivity index (χ2v) is 5.58. The maximum Gasteiger partial charge on any atom is 0.242 e. The number of hydroxylamine groups is 1. The molecule has 1 fully saturated rings. The van der Waals surface area contributed by atoms with Gasteiger partial charge in [-0.25, -0.2) is 0 Å². The van der Waals surface area contributed by atoms with Crippen molar-refractivity contribution >= 4 is 5.91 Å². The number of aliphatic hydroxyl groups is 1. The van der Waals surface area contributed by atoms with Crippen molar-refractivity contribution in [1.82, 2.24) is 10.4 Å². The molecule has 100 valence electrons. The lowest BCUT2D eigenvalue weighted by Gasteiger charge is -2.32. The lowest BCUT2D eigenvalue weighted by Crippen LogP contribution is -2.52. The lowest BCUT2D eigenvalue weighted by molar-refractivity contribution is -0.141. The predicted octanol–water partition coefficient (Wildman–Crippen LogP) is 0.535. The molecular weight excluding hydrogens is 220 g/mol. The molecule has 0 aromatic heterocycles. The zero-order chi connectivity index (χ0) is 13.1. The third kappa shape index (κ3) is 3.94. The third-order valence-corrected chi connectivity index (χ3v) is 2.93. The smallest absolute Gasteiger partial charge is 0.242 e. The first-order chi connectivity index (χ1) is 7.86. The van der Waals surface area contributed by atoms with E-state index in [0.717, 1.165) is 0 Å². The maximum absolute atomic E-state index is 12.3. The third-order valence-electron chi connectivity index (χ3n) is 2.93. The molecule has 1 rings (SSSR count). The number of likely N-dealkylation sites (tertiary alicyclic amines) is 1. The van der Waals surface area contributed by atoms with E-state index >= 15 is 0 Å². The van der Waals surface area contributed by atoms with Gasteiger partial charge in [-0.2, -0.15) is 5.48 Å². The number of carbonyl (C=O) groups is 1. The highest BCUT2D eigenvalue weighted by Crippen LogP contribution is 2.23. The molecule has 1 aliphatic rings. The first-order valence-corrected chi connectivity index (χ1v) is 6.20. The molecule has 1 unspecified atom stereocenters. The van der Waals surface area contributed by atoms with E-state index in [0.29, 0.717) is 26.1 Å². The Balaban J connectivity index is 2.66. The summed E-state index contributed by atoms with van der Waals surface area (Å²) in [6, 6.07) is -0.382. The van der Waals surface area contributed by atoms with Crippen LogP contribution in [0, 0.1) is 5.41 Å². The fourth-order valence-electron chi connectivity index (χ4n) is 1.89. The van der Waals surface area contributed by atoms with Crippen LogP contribution in [0.3, 0.4) is 0 Å². The summed E-state index contributed by atoms with van der Waals surface area (Å²) in [5.41, 5.74) is 2.61. The quantitative estimate of drug-likeness (QED) is 0.708. The number of amides is 1. The zero-order valence-corrected chi connectivity index (χ0v) is 11.2. The monoisotopic (exact) mass is 244 g/mol. The Kier molecular flexibility index (Phi) is 4.91. The van der Waals surface area contributed by atoms with Crippen LogP contribution in [0.1, 0.15) is 34.1 Å². The number of aliphatic hydroxyl groups excluding tert-OH is 1. The molecule has 0 saturated carbocycles. The van der Waals surface area contributed by atoms with Crippen LogP contribution in [-0.2, 0) is 9.63 Å². The lowest BCUT2D eigenvalue weighted by atomic mass is 9.86. The Hall–Kier alpha value is -0.650. The molecule has 5 heteroatoms. The average molecular weight is 244 g/mol. The molecule has 0 bridgehead atoms. The fraction of sp³-hybridized carbons (Fsp3) is 0.917. The van der Waals surface area contributed by atoms with E-state index in [1.807, 2.05) is 27.7 Å².